The minimum absolute atomic E-state index is 0.0680. The predicted octanol–water partition coefficient (Wildman–Crippen LogP) is 0.735. The molecule has 0 radical (unpaired) electrons. The van der Waals surface area contributed by atoms with E-state index in [1.807, 2.05) is 0 Å². The number of nitrogens with two attached hydrogens (primary N) is 1. The lowest BCUT2D eigenvalue weighted by molar-refractivity contribution is 0.319. The number of rotatable bonds is 5. The lowest BCUT2D eigenvalue weighted by Crippen LogP contribution is -2.41. The summed E-state index contributed by atoms with van der Waals surface area (Å²) in [5.41, 5.74) is 5.33. The van der Waals surface area contributed by atoms with Crippen LogP contribution in [0.2, 0.25) is 0 Å². The Morgan fingerprint density at radius 3 is 2.39 bits per heavy atom. The first-order chi connectivity index (χ1) is 8.31. The van der Waals surface area contributed by atoms with Crippen molar-refractivity contribution < 1.29 is 8.42 Å². The van der Waals surface area contributed by atoms with Crippen molar-refractivity contribution in [2.75, 3.05) is 6.54 Å². The van der Waals surface area contributed by atoms with Gasteiger partial charge in [-0.3, -0.25) is 4.99 Å². The molecule has 1 fully saturated rings. The van der Waals surface area contributed by atoms with Gasteiger partial charge in [0.1, 0.15) is 0 Å². The summed E-state index contributed by atoms with van der Waals surface area (Å²) < 4.78 is 26.2. The van der Waals surface area contributed by atoms with Gasteiger partial charge in [-0.1, -0.05) is 0 Å². The Kier molecular flexibility index (Phi) is 5.81. The van der Waals surface area contributed by atoms with Gasteiger partial charge in [0.25, 0.3) is 0 Å². The quantitative estimate of drug-likeness (QED) is 0.444. The average molecular weight is 292 g/mol. The van der Waals surface area contributed by atoms with Crippen LogP contribution in [0.15, 0.2) is 4.99 Å². The predicted molar refractivity (Wildman–Crippen MR) is 76.8 cm³/mol. The number of aliphatic imine (C=N–C) groups is 1. The van der Waals surface area contributed by atoms with Crippen LogP contribution in [0.3, 0.4) is 0 Å². The maximum absolute atomic E-state index is 11.7. The molecule has 0 spiro atoms. The topological polar surface area (TPSA) is 84.5 Å². The fourth-order valence-electron chi connectivity index (χ4n) is 2.05. The molecule has 0 aliphatic heterocycles. The molecule has 3 N–H and O–H groups in total. The van der Waals surface area contributed by atoms with E-state index in [-0.39, 0.29) is 16.5 Å². The van der Waals surface area contributed by atoms with Crippen LogP contribution < -0.4 is 10.5 Å². The third-order valence-electron chi connectivity index (χ3n) is 3.30. The van der Waals surface area contributed by atoms with Gasteiger partial charge in [-0.05, 0) is 50.6 Å². The molecule has 18 heavy (non-hydrogen) atoms. The number of hydrogen-bond donors (Lipinski definition) is 2. The van der Waals surface area contributed by atoms with Crippen molar-refractivity contribution in [1.82, 2.24) is 4.72 Å². The van der Waals surface area contributed by atoms with Gasteiger partial charge >= 0.3 is 0 Å². The van der Waals surface area contributed by atoms with Crippen molar-refractivity contribution in [2.24, 2.45) is 16.6 Å². The van der Waals surface area contributed by atoms with Crippen LogP contribution in [0.1, 0.15) is 39.5 Å². The third kappa shape index (κ3) is 5.07. The number of sulfonamides is 1. The van der Waals surface area contributed by atoms with E-state index in [1.165, 1.54) is 0 Å². The molecule has 1 rings (SSSR count). The fraction of sp³-hybridized carbons (Fsp3) is 0.909. The highest BCUT2D eigenvalue weighted by Gasteiger charge is 2.25. The Balaban J connectivity index is 2.38. The molecule has 106 valence electrons. The van der Waals surface area contributed by atoms with Gasteiger partial charge in [-0.25, -0.2) is 13.1 Å². The van der Waals surface area contributed by atoms with E-state index in [2.05, 4.69) is 9.71 Å². The van der Waals surface area contributed by atoms with E-state index < -0.39 is 10.0 Å². The maximum Gasteiger partial charge on any atom is 0.214 e. The van der Waals surface area contributed by atoms with E-state index >= 15 is 0 Å². The first-order valence-corrected chi connectivity index (χ1v) is 8.24. The van der Waals surface area contributed by atoms with Crippen LogP contribution in [0, 0.1) is 5.92 Å². The number of nitrogens with one attached hydrogen (secondary N) is 1. The van der Waals surface area contributed by atoms with Gasteiger partial charge in [0, 0.05) is 12.6 Å². The minimum Gasteiger partial charge on any atom is -0.743 e. The van der Waals surface area contributed by atoms with Crippen LogP contribution in [0.4, 0.5) is 0 Å². The standard InChI is InChI=1S/C11H23N3O2S2/c1-8(2)18(15,16)14-10-5-3-9(4-6-10)7-13-11(12)17/h8-10,14H,3-7H2,1-2H3,(H3,12,13,17)/p-1. The second-order valence-corrected chi connectivity index (χ2v) is 7.79. The third-order valence-corrected chi connectivity index (χ3v) is 5.34. The molecule has 0 saturated heterocycles. The summed E-state index contributed by atoms with van der Waals surface area (Å²) in [5, 5.41) is -0.169. The van der Waals surface area contributed by atoms with E-state index in [4.69, 9.17) is 18.4 Å². The summed E-state index contributed by atoms with van der Waals surface area (Å²) in [5.74, 6) is 0.478. The van der Waals surface area contributed by atoms with Crippen LogP contribution in [0.5, 0.6) is 0 Å². The van der Waals surface area contributed by atoms with Crippen molar-refractivity contribution in [1.29, 1.82) is 0 Å². The van der Waals surface area contributed by atoms with Crippen LogP contribution >= 0.6 is 0 Å². The van der Waals surface area contributed by atoms with Gasteiger partial charge in [-0.15, -0.1) is 0 Å². The average Bonchev–Trinajstić information content (AvgIpc) is 2.27. The monoisotopic (exact) mass is 292 g/mol. The zero-order chi connectivity index (χ0) is 13.8. The van der Waals surface area contributed by atoms with Crippen molar-refractivity contribution in [3.8, 4) is 0 Å². The summed E-state index contributed by atoms with van der Waals surface area (Å²) >= 11 is 4.71. The molecule has 0 aromatic carbocycles. The molecule has 5 nitrogen and oxygen atoms in total. The van der Waals surface area contributed by atoms with Gasteiger partial charge in [0.15, 0.2) is 0 Å². The van der Waals surface area contributed by atoms with Crippen LogP contribution in [0.25, 0.3) is 0 Å². The molecular formula is C11H22N3O2S2-. The maximum atomic E-state index is 11.7. The first kappa shape index (κ1) is 15.7. The highest BCUT2D eigenvalue weighted by Crippen LogP contribution is 2.25. The van der Waals surface area contributed by atoms with E-state index in [0.29, 0.717) is 12.5 Å². The molecule has 1 aliphatic carbocycles. The van der Waals surface area contributed by atoms with Crippen molar-refractivity contribution in [3.05, 3.63) is 0 Å². The Labute approximate surface area is 115 Å². The lowest BCUT2D eigenvalue weighted by atomic mass is 9.86. The molecule has 0 amide bonds. The largest absolute Gasteiger partial charge is 0.743 e. The Bertz CT molecular complexity index is 381. The number of nitrogens with zero attached hydrogens (tertiary/aromatic N) is 1. The molecule has 1 saturated carbocycles. The Hall–Kier alpha value is -0.400. The van der Waals surface area contributed by atoms with Crippen LogP contribution in [-0.2, 0) is 22.7 Å². The zero-order valence-corrected chi connectivity index (χ0v) is 12.6. The summed E-state index contributed by atoms with van der Waals surface area (Å²) in [6.45, 7) is 4.04. The van der Waals surface area contributed by atoms with Crippen LogP contribution in [-0.4, -0.2) is 31.4 Å². The van der Waals surface area contributed by atoms with E-state index in [9.17, 15) is 8.42 Å². The van der Waals surface area contributed by atoms with E-state index in [1.54, 1.807) is 13.8 Å². The molecule has 7 heteroatoms. The Morgan fingerprint density at radius 1 is 1.39 bits per heavy atom. The number of amidine groups is 1. The smallest absolute Gasteiger partial charge is 0.214 e. The molecule has 1 aliphatic rings. The van der Waals surface area contributed by atoms with E-state index in [0.717, 1.165) is 25.7 Å². The fourth-order valence-corrected chi connectivity index (χ4v) is 3.10. The Morgan fingerprint density at radius 2 is 1.94 bits per heavy atom. The van der Waals surface area contributed by atoms with Gasteiger partial charge in [-0.2, -0.15) is 0 Å². The summed E-state index contributed by atoms with van der Waals surface area (Å²) in [4.78, 5) is 4.05. The minimum atomic E-state index is -3.16. The lowest BCUT2D eigenvalue weighted by Gasteiger charge is -2.29. The molecule has 0 bridgehead atoms. The summed E-state index contributed by atoms with van der Waals surface area (Å²) in [7, 11) is -3.16. The molecular weight excluding hydrogens is 270 g/mol. The normalized spacial score (nSPS) is 26.5. The molecule has 0 aromatic rings. The second kappa shape index (κ2) is 6.68. The second-order valence-electron chi connectivity index (χ2n) is 5.11. The first-order valence-electron chi connectivity index (χ1n) is 6.29. The van der Waals surface area contributed by atoms with Crippen molar-refractivity contribution in [3.63, 3.8) is 0 Å². The molecule has 0 aromatic heterocycles. The SMILES string of the molecule is CC(C)S(=O)(=O)NC1CCC(CN=C(N)[S-])CC1. The van der Waals surface area contributed by atoms with Crippen molar-refractivity contribution >= 4 is 27.8 Å². The molecule has 0 atom stereocenters. The van der Waals surface area contributed by atoms with Gasteiger partial charge in [0.05, 0.1) is 5.25 Å². The highest BCUT2D eigenvalue weighted by atomic mass is 32.2. The molecule has 0 unspecified atom stereocenters. The van der Waals surface area contributed by atoms with Gasteiger partial charge < -0.3 is 18.4 Å². The summed E-state index contributed by atoms with van der Waals surface area (Å²) in [6, 6.07) is 0.0680. The zero-order valence-electron chi connectivity index (χ0n) is 10.9. The van der Waals surface area contributed by atoms with Gasteiger partial charge in [0.2, 0.25) is 10.0 Å². The molecule has 0 heterocycles. The highest BCUT2D eigenvalue weighted by molar-refractivity contribution is 7.90. The van der Waals surface area contributed by atoms with Crippen molar-refractivity contribution in [2.45, 2.75) is 50.8 Å². The summed E-state index contributed by atoms with van der Waals surface area (Å²) in [6.07, 6.45) is 3.67. The number of hydrogen-bond acceptors (Lipinski definition) is 4.